The molecule has 0 radical (unpaired) electrons. The Labute approximate surface area is 158 Å². The molecule has 9 nitrogen and oxygen atoms in total. The van der Waals surface area contributed by atoms with Gasteiger partial charge in [0.05, 0.1) is 6.67 Å². The highest BCUT2D eigenvalue weighted by Gasteiger charge is 2.41. The summed E-state index contributed by atoms with van der Waals surface area (Å²) in [5.41, 5.74) is -0.341. The van der Waals surface area contributed by atoms with E-state index in [0.717, 1.165) is 58.0 Å². The Morgan fingerprint density at radius 3 is 2.30 bits per heavy atom. The molecule has 2 heterocycles. The molecule has 0 unspecified atom stereocenters. The van der Waals surface area contributed by atoms with E-state index in [1.165, 1.54) is 0 Å². The summed E-state index contributed by atoms with van der Waals surface area (Å²) in [5, 5.41) is 25.0. The average Bonchev–Trinajstić information content (AvgIpc) is 2.68. The first-order valence-electron chi connectivity index (χ1n) is 9.70. The molecule has 0 aromatic heterocycles. The molecular weight excluding hydrogens is 352 g/mol. The number of aliphatic hydroxyl groups excluding tert-OH is 1. The monoisotopic (exact) mass is 380 g/mol. The van der Waals surface area contributed by atoms with Crippen molar-refractivity contribution in [3.63, 3.8) is 0 Å². The second-order valence-electron chi connectivity index (χ2n) is 7.43. The Morgan fingerprint density at radius 2 is 1.67 bits per heavy atom. The van der Waals surface area contributed by atoms with Gasteiger partial charge in [0.25, 0.3) is 11.8 Å². The van der Waals surface area contributed by atoms with Crippen molar-refractivity contribution in [2.75, 3.05) is 26.3 Å². The van der Waals surface area contributed by atoms with Crippen LogP contribution in [0.2, 0.25) is 0 Å². The van der Waals surface area contributed by atoms with Crippen molar-refractivity contribution >= 4 is 17.8 Å². The Hall–Kier alpha value is -2.29. The quantitative estimate of drug-likeness (QED) is 0.501. The van der Waals surface area contributed by atoms with Crippen molar-refractivity contribution in [1.82, 2.24) is 20.4 Å². The minimum Gasteiger partial charge on any atom is -0.494 e. The molecule has 0 bridgehead atoms. The summed E-state index contributed by atoms with van der Waals surface area (Å²) in [5.74, 6) is -2.88. The van der Waals surface area contributed by atoms with Gasteiger partial charge in [-0.05, 0) is 38.8 Å². The van der Waals surface area contributed by atoms with E-state index in [1.807, 2.05) is 0 Å². The normalized spacial score (nSPS) is 22.9. The molecule has 150 valence electrons. The molecule has 2 fully saturated rings. The van der Waals surface area contributed by atoms with Crippen molar-refractivity contribution in [3.8, 4) is 0 Å². The van der Waals surface area contributed by atoms with Crippen molar-refractivity contribution in [2.45, 2.75) is 57.0 Å². The fourth-order valence-corrected chi connectivity index (χ4v) is 4.20. The zero-order valence-corrected chi connectivity index (χ0v) is 15.4. The lowest BCUT2D eigenvalue weighted by Gasteiger charge is -2.45. The summed E-state index contributed by atoms with van der Waals surface area (Å²) in [6.45, 7) is 1.30. The number of amides is 2. The van der Waals surface area contributed by atoms with Crippen molar-refractivity contribution < 1.29 is 24.6 Å². The van der Waals surface area contributed by atoms with E-state index in [4.69, 9.17) is 5.11 Å². The summed E-state index contributed by atoms with van der Waals surface area (Å²) in [4.78, 5) is 39.7. The fourth-order valence-electron chi connectivity index (χ4n) is 4.20. The number of hydrogen-bond acceptors (Lipinski definition) is 6. The van der Waals surface area contributed by atoms with Gasteiger partial charge in [0, 0.05) is 12.1 Å². The Balaban J connectivity index is 1.88. The molecule has 9 heteroatoms. The van der Waals surface area contributed by atoms with E-state index < -0.39 is 24.3 Å². The van der Waals surface area contributed by atoms with Gasteiger partial charge in [0.1, 0.15) is 6.54 Å². The highest BCUT2D eigenvalue weighted by atomic mass is 16.4. The SMILES string of the molecule is O=C(O)CNC(=O)C1=C(O)N(C2CCNCC2)CN(C2CCCCC2)C1=O. The molecule has 27 heavy (non-hydrogen) atoms. The van der Waals surface area contributed by atoms with Crippen LogP contribution in [0.25, 0.3) is 0 Å². The first-order valence-corrected chi connectivity index (χ1v) is 9.70. The Morgan fingerprint density at radius 1 is 1.04 bits per heavy atom. The van der Waals surface area contributed by atoms with Gasteiger partial charge in [-0.2, -0.15) is 0 Å². The lowest BCUT2D eigenvalue weighted by atomic mass is 9.93. The van der Waals surface area contributed by atoms with Gasteiger partial charge in [-0.3, -0.25) is 14.4 Å². The van der Waals surface area contributed by atoms with Crippen LogP contribution in [0.4, 0.5) is 0 Å². The third-order valence-electron chi connectivity index (χ3n) is 5.67. The second-order valence-corrected chi connectivity index (χ2v) is 7.43. The van der Waals surface area contributed by atoms with Crippen LogP contribution in [-0.2, 0) is 14.4 Å². The minimum absolute atomic E-state index is 0.0349. The summed E-state index contributed by atoms with van der Waals surface area (Å²) >= 11 is 0. The van der Waals surface area contributed by atoms with Crippen molar-refractivity contribution in [1.29, 1.82) is 0 Å². The minimum atomic E-state index is -1.20. The molecular formula is C18H28N4O5. The maximum absolute atomic E-state index is 13.0. The number of aliphatic carboxylic acids is 1. The number of carbonyl (C=O) groups excluding carboxylic acids is 2. The number of nitrogens with one attached hydrogen (secondary N) is 2. The molecule has 1 saturated carbocycles. The largest absolute Gasteiger partial charge is 0.494 e. The van der Waals surface area contributed by atoms with Crippen LogP contribution < -0.4 is 10.6 Å². The van der Waals surface area contributed by atoms with Gasteiger partial charge < -0.3 is 30.6 Å². The molecule has 0 aromatic carbocycles. The van der Waals surface area contributed by atoms with Crippen LogP contribution in [-0.4, -0.2) is 76.2 Å². The number of carboxylic acids is 1. The molecule has 2 aliphatic heterocycles. The predicted octanol–water partition coefficient (Wildman–Crippen LogP) is 0.143. The number of hydrogen-bond donors (Lipinski definition) is 4. The van der Waals surface area contributed by atoms with Crippen LogP contribution in [0, 0.1) is 0 Å². The van der Waals surface area contributed by atoms with Crippen molar-refractivity contribution in [3.05, 3.63) is 11.5 Å². The maximum atomic E-state index is 13.0. The first kappa shape index (κ1) is 19.5. The maximum Gasteiger partial charge on any atom is 0.322 e. The van der Waals surface area contributed by atoms with Gasteiger partial charge in [0.2, 0.25) is 5.88 Å². The summed E-state index contributed by atoms with van der Waals surface area (Å²) < 4.78 is 0. The Kier molecular flexibility index (Phi) is 6.20. The van der Waals surface area contributed by atoms with Gasteiger partial charge >= 0.3 is 5.97 Å². The van der Waals surface area contributed by atoms with Gasteiger partial charge in [-0.25, -0.2) is 0 Å². The van der Waals surface area contributed by atoms with Gasteiger partial charge in [0.15, 0.2) is 5.57 Å². The molecule has 4 N–H and O–H groups in total. The smallest absolute Gasteiger partial charge is 0.322 e. The number of piperidine rings is 1. The van der Waals surface area contributed by atoms with Crippen LogP contribution in [0.1, 0.15) is 44.9 Å². The molecule has 3 aliphatic rings. The predicted molar refractivity (Wildman–Crippen MR) is 96.6 cm³/mol. The molecule has 0 atom stereocenters. The van der Waals surface area contributed by atoms with E-state index in [9.17, 15) is 19.5 Å². The highest BCUT2D eigenvalue weighted by Crippen LogP contribution is 2.30. The van der Waals surface area contributed by atoms with Crippen molar-refractivity contribution in [2.24, 2.45) is 0 Å². The van der Waals surface area contributed by atoms with Crippen LogP contribution in [0.15, 0.2) is 11.5 Å². The third kappa shape index (κ3) is 4.35. The van der Waals surface area contributed by atoms with E-state index >= 15 is 0 Å². The standard InChI is InChI=1S/C18H28N4O5/c23-14(24)10-20-16(25)15-17(26)21(12-4-2-1-3-5-12)11-22(18(15)27)13-6-8-19-9-7-13/h12-13,19,27H,1-11H2,(H,20,25)(H,23,24). The highest BCUT2D eigenvalue weighted by molar-refractivity contribution is 6.19. The second kappa shape index (κ2) is 8.60. The molecule has 1 saturated heterocycles. The summed E-state index contributed by atoms with van der Waals surface area (Å²) in [7, 11) is 0. The average molecular weight is 380 g/mol. The first-order chi connectivity index (χ1) is 13.0. The number of carboxylic acid groups (broad SMARTS) is 1. The number of aliphatic hydroxyl groups is 1. The lowest BCUT2D eigenvalue weighted by molar-refractivity contribution is -0.141. The summed E-state index contributed by atoms with van der Waals surface area (Å²) in [6.07, 6.45) is 6.61. The van der Waals surface area contributed by atoms with Crippen LogP contribution in [0.3, 0.4) is 0 Å². The zero-order chi connectivity index (χ0) is 19.4. The van der Waals surface area contributed by atoms with E-state index in [2.05, 4.69) is 10.6 Å². The molecule has 0 spiro atoms. The number of carbonyl (C=O) groups is 3. The fraction of sp³-hybridized carbons (Fsp3) is 0.722. The number of nitrogens with zero attached hydrogens (tertiary/aromatic N) is 2. The molecule has 0 aromatic rings. The molecule has 1 aliphatic carbocycles. The van der Waals surface area contributed by atoms with E-state index in [-0.39, 0.29) is 30.2 Å². The summed E-state index contributed by atoms with van der Waals surface area (Å²) in [6, 6.07) is 0.0820. The van der Waals surface area contributed by atoms with Gasteiger partial charge in [-0.15, -0.1) is 0 Å². The van der Waals surface area contributed by atoms with E-state index in [0.29, 0.717) is 0 Å². The van der Waals surface area contributed by atoms with E-state index in [1.54, 1.807) is 9.80 Å². The molecule has 2 amide bonds. The molecule has 3 rings (SSSR count). The third-order valence-corrected chi connectivity index (χ3v) is 5.67. The topological polar surface area (TPSA) is 122 Å². The van der Waals surface area contributed by atoms with Crippen LogP contribution in [0.5, 0.6) is 0 Å². The number of rotatable bonds is 5. The zero-order valence-electron chi connectivity index (χ0n) is 15.4. The lowest BCUT2D eigenvalue weighted by Crippen LogP contribution is -2.57. The van der Waals surface area contributed by atoms with Crippen LogP contribution >= 0.6 is 0 Å². The van der Waals surface area contributed by atoms with Gasteiger partial charge in [-0.1, -0.05) is 19.3 Å². The Bertz CT molecular complexity index is 623.